The summed E-state index contributed by atoms with van der Waals surface area (Å²) in [6.07, 6.45) is 1.60. The third-order valence-corrected chi connectivity index (χ3v) is 3.94. The molecule has 2 rings (SSSR count). The van der Waals surface area contributed by atoms with Crippen molar-refractivity contribution in [2.24, 2.45) is 7.05 Å². The lowest BCUT2D eigenvalue weighted by Crippen LogP contribution is -2.26. The summed E-state index contributed by atoms with van der Waals surface area (Å²) in [7, 11) is 1.90. The van der Waals surface area contributed by atoms with Gasteiger partial charge in [-0.05, 0) is 43.9 Å². The number of aryl methyl sites for hydroxylation is 2. The number of hydrogen-bond donors (Lipinski definition) is 1. The lowest BCUT2D eigenvalue weighted by Gasteiger charge is -2.06. The van der Waals surface area contributed by atoms with Crippen LogP contribution >= 0.6 is 0 Å². The zero-order valence-corrected chi connectivity index (χ0v) is 13.3. The molecule has 0 aliphatic heterocycles. The van der Waals surface area contributed by atoms with Gasteiger partial charge < -0.3 is 5.32 Å². The van der Waals surface area contributed by atoms with E-state index in [-0.39, 0.29) is 11.7 Å². The second-order valence-corrected chi connectivity index (χ2v) is 5.46. The number of aromatic nitrogens is 2. The summed E-state index contributed by atoms with van der Waals surface area (Å²) in [5.41, 5.74) is 3.82. The molecule has 22 heavy (non-hydrogen) atoms. The zero-order chi connectivity index (χ0) is 16.1. The monoisotopic (exact) mass is 303 g/mol. The Bertz CT molecular complexity index is 664. The fraction of sp³-hybridized carbons (Fsp3) is 0.412. The van der Waals surface area contributed by atoms with Crippen molar-refractivity contribution in [1.82, 2.24) is 15.1 Å². The van der Waals surface area contributed by atoms with E-state index in [4.69, 9.17) is 0 Å². The van der Waals surface area contributed by atoms with E-state index in [0.29, 0.717) is 31.4 Å². The first kappa shape index (κ1) is 16.2. The molecule has 4 nitrogen and oxygen atoms in total. The summed E-state index contributed by atoms with van der Waals surface area (Å²) in [5.74, 6) is -0.239. The molecule has 1 amide bonds. The molecule has 0 bridgehead atoms. The highest BCUT2D eigenvalue weighted by atomic mass is 19.1. The maximum absolute atomic E-state index is 13.5. The predicted molar refractivity (Wildman–Crippen MR) is 84.1 cm³/mol. The lowest BCUT2D eigenvalue weighted by atomic mass is 10.1. The molecule has 0 aliphatic rings. The van der Waals surface area contributed by atoms with Crippen LogP contribution in [0.15, 0.2) is 24.3 Å². The van der Waals surface area contributed by atoms with Crippen LogP contribution in [0.1, 0.15) is 28.9 Å². The Balaban J connectivity index is 1.78. The SMILES string of the molecule is Cc1nn(C)c(C)c1CCC(=O)NCCc1ccccc1F. The molecule has 0 aliphatic carbocycles. The minimum absolute atomic E-state index is 0.0148. The molecule has 0 saturated heterocycles. The van der Waals surface area contributed by atoms with Gasteiger partial charge in [0, 0.05) is 25.7 Å². The first-order valence-corrected chi connectivity index (χ1v) is 7.48. The van der Waals surface area contributed by atoms with Gasteiger partial charge in [0.15, 0.2) is 0 Å². The summed E-state index contributed by atoms with van der Waals surface area (Å²) in [6.45, 7) is 4.41. The van der Waals surface area contributed by atoms with Crippen LogP contribution in [0.5, 0.6) is 0 Å². The molecule has 2 aromatic rings. The molecule has 0 saturated carbocycles. The van der Waals surface area contributed by atoms with E-state index in [1.807, 2.05) is 25.6 Å². The highest BCUT2D eigenvalue weighted by Gasteiger charge is 2.11. The third kappa shape index (κ3) is 3.93. The van der Waals surface area contributed by atoms with E-state index < -0.39 is 0 Å². The molecular weight excluding hydrogens is 281 g/mol. The standard InChI is InChI=1S/C17H22FN3O/c1-12-15(13(2)21(3)20-12)8-9-17(22)19-11-10-14-6-4-5-7-16(14)18/h4-7H,8-11H2,1-3H3,(H,19,22). The first-order chi connectivity index (χ1) is 10.5. The van der Waals surface area contributed by atoms with Crippen molar-refractivity contribution >= 4 is 5.91 Å². The van der Waals surface area contributed by atoms with Crippen molar-refractivity contribution in [2.75, 3.05) is 6.54 Å². The largest absolute Gasteiger partial charge is 0.356 e. The molecule has 0 fully saturated rings. The van der Waals surface area contributed by atoms with Gasteiger partial charge in [-0.1, -0.05) is 18.2 Å². The van der Waals surface area contributed by atoms with Gasteiger partial charge in [0.25, 0.3) is 0 Å². The predicted octanol–water partition coefficient (Wildman–Crippen LogP) is 2.47. The molecule has 5 heteroatoms. The Morgan fingerprint density at radius 1 is 1.27 bits per heavy atom. The Hall–Kier alpha value is -2.17. The molecule has 0 radical (unpaired) electrons. The minimum Gasteiger partial charge on any atom is -0.356 e. The highest BCUT2D eigenvalue weighted by molar-refractivity contribution is 5.76. The van der Waals surface area contributed by atoms with Crippen LogP contribution in [0.3, 0.4) is 0 Å². The number of nitrogens with zero attached hydrogens (tertiary/aromatic N) is 2. The van der Waals surface area contributed by atoms with Crippen molar-refractivity contribution in [1.29, 1.82) is 0 Å². The quantitative estimate of drug-likeness (QED) is 0.891. The maximum Gasteiger partial charge on any atom is 0.220 e. The normalized spacial score (nSPS) is 10.7. The molecule has 1 N–H and O–H groups in total. The second kappa shape index (κ2) is 7.20. The first-order valence-electron chi connectivity index (χ1n) is 7.48. The van der Waals surface area contributed by atoms with Gasteiger partial charge in [0.2, 0.25) is 5.91 Å². The van der Waals surface area contributed by atoms with Crippen LogP contribution in [0, 0.1) is 19.7 Å². The van der Waals surface area contributed by atoms with Crippen LogP contribution < -0.4 is 5.32 Å². The number of carbonyl (C=O) groups excluding carboxylic acids is 1. The Morgan fingerprint density at radius 3 is 2.64 bits per heavy atom. The molecule has 0 atom stereocenters. The summed E-state index contributed by atoms with van der Waals surface area (Å²) < 4.78 is 15.3. The van der Waals surface area contributed by atoms with Gasteiger partial charge in [-0.3, -0.25) is 9.48 Å². The van der Waals surface area contributed by atoms with E-state index in [1.54, 1.807) is 18.2 Å². The van der Waals surface area contributed by atoms with E-state index in [9.17, 15) is 9.18 Å². The van der Waals surface area contributed by atoms with Crippen molar-refractivity contribution in [3.8, 4) is 0 Å². The number of rotatable bonds is 6. The molecule has 1 aromatic carbocycles. The van der Waals surface area contributed by atoms with Crippen molar-refractivity contribution in [2.45, 2.75) is 33.1 Å². The van der Waals surface area contributed by atoms with Gasteiger partial charge in [-0.15, -0.1) is 0 Å². The average molecular weight is 303 g/mol. The molecule has 0 unspecified atom stereocenters. The summed E-state index contributed by atoms with van der Waals surface area (Å²) in [4.78, 5) is 11.9. The fourth-order valence-corrected chi connectivity index (χ4v) is 2.54. The number of nitrogens with one attached hydrogen (secondary N) is 1. The van der Waals surface area contributed by atoms with Gasteiger partial charge in [-0.2, -0.15) is 5.10 Å². The minimum atomic E-state index is -0.224. The molecule has 118 valence electrons. The number of benzene rings is 1. The van der Waals surface area contributed by atoms with E-state index in [0.717, 1.165) is 17.0 Å². The van der Waals surface area contributed by atoms with Gasteiger partial charge in [0.05, 0.1) is 5.69 Å². The Kier molecular flexibility index (Phi) is 5.31. The zero-order valence-electron chi connectivity index (χ0n) is 13.3. The summed E-state index contributed by atoms with van der Waals surface area (Å²) >= 11 is 0. The highest BCUT2D eigenvalue weighted by Crippen LogP contribution is 2.14. The number of amides is 1. The number of hydrogen-bond acceptors (Lipinski definition) is 2. The summed E-state index contributed by atoms with van der Waals surface area (Å²) in [5, 5.41) is 7.18. The third-order valence-electron chi connectivity index (χ3n) is 3.94. The molecule has 1 aromatic heterocycles. The van der Waals surface area contributed by atoms with Crippen LogP contribution in [-0.2, 0) is 24.7 Å². The summed E-state index contributed by atoms with van der Waals surface area (Å²) in [6, 6.07) is 6.64. The van der Waals surface area contributed by atoms with Crippen molar-refractivity contribution < 1.29 is 9.18 Å². The Labute approximate surface area is 130 Å². The van der Waals surface area contributed by atoms with Crippen LogP contribution in [0.2, 0.25) is 0 Å². The fourth-order valence-electron chi connectivity index (χ4n) is 2.54. The van der Waals surface area contributed by atoms with Gasteiger partial charge in [0.1, 0.15) is 5.82 Å². The topological polar surface area (TPSA) is 46.9 Å². The molecular formula is C17H22FN3O. The number of halogens is 1. The molecule has 1 heterocycles. The van der Waals surface area contributed by atoms with E-state index >= 15 is 0 Å². The van der Waals surface area contributed by atoms with Crippen molar-refractivity contribution in [3.05, 3.63) is 52.6 Å². The van der Waals surface area contributed by atoms with Gasteiger partial charge >= 0.3 is 0 Å². The number of carbonyl (C=O) groups is 1. The second-order valence-electron chi connectivity index (χ2n) is 5.46. The smallest absolute Gasteiger partial charge is 0.220 e. The van der Waals surface area contributed by atoms with Crippen LogP contribution in [0.25, 0.3) is 0 Å². The maximum atomic E-state index is 13.5. The van der Waals surface area contributed by atoms with E-state index in [1.165, 1.54) is 6.07 Å². The molecule has 0 spiro atoms. The van der Waals surface area contributed by atoms with Crippen molar-refractivity contribution in [3.63, 3.8) is 0 Å². The van der Waals surface area contributed by atoms with Gasteiger partial charge in [-0.25, -0.2) is 4.39 Å². The van der Waals surface area contributed by atoms with Crippen LogP contribution in [0.4, 0.5) is 4.39 Å². The van der Waals surface area contributed by atoms with E-state index in [2.05, 4.69) is 10.4 Å². The average Bonchev–Trinajstić information content (AvgIpc) is 2.72. The Morgan fingerprint density at radius 2 is 2.00 bits per heavy atom. The van der Waals surface area contributed by atoms with Crippen LogP contribution in [-0.4, -0.2) is 22.2 Å². The lowest BCUT2D eigenvalue weighted by molar-refractivity contribution is -0.121.